The number of halogens is 1. The van der Waals surface area contributed by atoms with E-state index in [0.717, 1.165) is 33.3 Å². The van der Waals surface area contributed by atoms with Crippen molar-refractivity contribution in [2.24, 2.45) is 11.3 Å². The summed E-state index contributed by atoms with van der Waals surface area (Å²) in [6, 6.07) is 19.3. The molecule has 1 fully saturated rings. The third-order valence-corrected chi connectivity index (χ3v) is 7.39. The number of benzene rings is 2. The molecule has 0 amide bonds. The third kappa shape index (κ3) is 3.57. The van der Waals surface area contributed by atoms with Gasteiger partial charge in [-0.1, -0.05) is 63.6 Å². The molecule has 168 valence electrons. The Bertz CT molecular complexity index is 1300. The molecule has 1 aliphatic rings. The van der Waals surface area contributed by atoms with E-state index in [1.165, 1.54) is 37.0 Å². The molecule has 4 aromatic rings. The normalized spacial score (nSPS) is 15.3. The van der Waals surface area contributed by atoms with Gasteiger partial charge in [0.15, 0.2) is 0 Å². The van der Waals surface area contributed by atoms with Crippen LogP contribution in [0.2, 0.25) is 0 Å². The van der Waals surface area contributed by atoms with Crippen molar-refractivity contribution in [3.63, 3.8) is 0 Å². The number of nitrogens with two attached hydrogens (primary N) is 1. The Balaban J connectivity index is 1.67. The van der Waals surface area contributed by atoms with Crippen molar-refractivity contribution in [1.29, 1.82) is 0 Å². The quantitative estimate of drug-likeness (QED) is 0.269. The van der Waals surface area contributed by atoms with Crippen molar-refractivity contribution in [3.05, 3.63) is 78.2 Å². The predicted octanol–water partition coefficient (Wildman–Crippen LogP) is 6.86. The van der Waals surface area contributed by atoms with Crippen LogP contribution < -0.4 is 11.3 Å². The van der Waals surface area contributed by atoms with Gasteiger partial charge < -0.3 is 5.43 Å². The highest BCUT2D eigenvalue weighted by Gasteiger charge is 2.47. The average molecular weight is 441 g/mol. The Morgan fingerprint density at radius 2 is 1.61 bits per heavy atom. The molecule has 5 rings (SSSR count). The van der Waals surface area contributed by atoms with Gasteiger partial charge in [-0.15, -0.1) is 0 Å². The van der Waals surface area contributed by atoms with Gasteiger partial charge in [0.1, 0.15) is 11.6 Å². The first-order valence-corrected chi connectivity index (χ1v) is 11.5. The summed E-state index contributed by atoms with van der Waals surface area (Å²) >= 11 is 0. The molecule has 2 heterocycles. The number of hydrazine groups is 1. The van der Waals surface area contributed by atoms with E-state index in [-0.39, 0.29) is 16.6 Å². The number of pyridine rings is 2. The maximum Gasteiger partial charge on any atom is 0.149 e. The van der Waals surface area contributed by atoms with E-state index in [1.807, 2.05) is 12.1 Å². The zero-order chi connectivity index (χ0) is 23.2. The molecule has 33 heavy (non-hydrogen) atoms. The molecular weight excluding hydrogens is 411 g/mol. The van der Waals surface area contributed by atoms with Crippen LogP contribution in [-0.2, 0) is 5.41 Å². The Morgan fingerprint density at radius 1 is 0.939 bits per heavy atom. The zero-order valence-electron chi connectivity index (χ0n) is 19.3. The van der Waals surface area contributed by atoms with Crippen LogP contribution in [0.3, 0.4) is 0 Å². The van der Waals surface area contributed by atoms with Crippen LogP contribution in [0.1, 0.15) is 45.6 Å². The number of fused-ring (bicyclic) bond motifs is 1. The molecule has 0 saturated heterocycles. The fraction of sp³-hybridized carbons (Fsp3) is 0.286. The molecule has 0 spiro atoms. The summed E-state index contributed by atoms with van der Waals surface area (Å²) < 4.78 is 13.6. The monoisotopic (exact) mass is 440 g/mol. The minimum atomic E-state index is -0.266. The molecule has 0 atom stereocenters. The van der Waals surface area contributed by atoms with Crippen molar-refractivity contribution < 1.29 is 4.39 Å². The van der Waals surface area contributed by atoms with Crippen LogP contribution in [0, 0.1) is 11.2 Å². The lowest BCUT2D eigenvalue weighted by Crippen LogP contribution is -2.45. The topological polar surface area (TPSA) is 63.8 Å². The molecule has 2 aromatic carbocycles. The molecule has 2 aromatic heterocycles. The van der Waals surface area contributed by atoms with Crippen molar-refractivity contribution in [2.45, 2.75) is 45.4 Å². The number of hydrogen-bond acceptors (Lipinski definition) is 4. The third-order valence-electron chi connectivity index (χ3n) is 7.39. The number of nitrogens with one attached hydrogen (secondary N) is 1. The Labute approximate surface area is 194 Å². The number of anilines is 1. The van der Waals surface area contributed by atoms with Crippen LogP contribution in [0.15, 0.2) is 66.9 Å². The summed E-state index contributed by atoms with van der Waals surface area (Å²) in [5, 5.41) is 0.820. The summed E-state index contributed by atoms with van der Waals surface area (Å²) in [7, 11) is 0. The van der Waals surface area contributed by atoms with Gasteiger partial charge in [0.25, 0.3) is 0 Å². The highest BCUT2D eigenvalue weighted by Crippen LogP contribution is 2.55. The van der Waals surface area contributed by atoms with Gasteiger partial charge in [-0.2, -0.15) is 0 Å². The lowest BCUT2D eigenvalue weighted by atomic mass is 9.52. The number of nitrogens with zero attached hydrogens (tertiary/aromatic N) is 2. The molecule has 3 N–H and O–H groups in total. The summed E-state index contributed by atoms with van der Waals surface area (Å²) in [5.41, 5.74) is 8.98. The second-order valence-electron chi connectivity index (χ2n) is 10.0. The van der Waals surface area contributed by atoms with E-state index in [9.17, 15) is 4.39 Å². The number of rotatable bonds is 4. The summed E-state index contributed by atoms with van der Waals surface area (Å²) in [6.45, 7) is 7.03. The van der Waals surface area contributed by atoms with Gasteiger partial charge in [-0.3, -0.25) is 0 Å². The molecule has 1 aliphatic carbocycles. The van der Waals surface area contributed by atoms with Crippen molar-refractivity contribution in [2.75, 3.05) is 5.43 Å². The van der Waals surface area contributed by atoms with Gasteiger partial charge in [0, 0.05) is 28.1 Å². The minimum Gasteiger partial charge on any atom is -0.308 e. The lowest BCUT2D eigenvalue weighted by molar-refractivity contribution is 0.0852. The molecule has 0 unspecified atom stereocenters. The number of aromatic nitrogens is 2. The standard InChI is InChI=1S/C28H29FN4/c1-27(2,3)28(14-4-15-28)20-9-5-19(6-10-20)25-22(18-7-11-21(29)12-8-18)17-23-24(32-25)13-16-31-26(23)33-30/h5-13,16-17H,4,14-15,30H2,1-3H3,(H,31,33). The highest BCUT2D eigenvalue weighted by molar-refractivity contribution is 5.96. The Hall–Kier alpha value is -3.31. The first-order chi connectivity index (χ1) is 15.8. The van der Waals surface area contributed by atoms with E-state index >= 15 is 0 Å². The smallest absolute Gasteiger partial charge is 0.149 e. The molecule has 0 radical (unpaired) electrons. The minimum absolute atomic E-state index is 0.214. The van der Waals surface area contributed by atoms with Gasteiger partial charge >= 0.3 is 0 Å². The first kappa shape index (κ1) is 21.5. The molecule has 1 saturated carbocycles. The van der Waals surface area contributed by atoms with E-state index in [4.69, 9.17) is 10.8 Å². The lowest BCUT2D eigenvalue weighted by Gasteiger charge is -2.52. The summed E-state index contributed by atoms with van der Waals surface area (Å²) in [4.78, 5) is 9.32. The van der Waals surface area contributed by atoms with E-state index in [1.54, 1.807) is 18.3 Å². The maximum absolute atomic E-state index is 13.6. The van der Waals surface area contributed by atoms with Crippen LogP contribution in [0.5, 0.6) is 0 Å². The molecule has 4 nitrogen and oxygen atoms in total. The van der Waals surface area contributed by atoms with Crippen LogP contribution >= 0.6 is 0 Å². The van der Waals surface area contributed by atoms with Crippen LogP contribution in [-0.4, -0.2) is 9.97 Å². The summed E-state index contributed by atoms with van der Waals surface area (Å²) in [6.07, 6.45) is 5.43. The summed E-state index contributed by atoms with van der Waals surface area (Å²) in [5.74, 6) is 5.99. The van der Waals surface area contributed by atoms with E-state index in [0.29, 0.717) is 5.82 Å². The Morgan fingerprint density at radius 3 is 2.18 bits per heavy atom. The van der Waals surface area contributed by atoms with E-state index < -0.39 is 0 Å². The zero-order valence-corrected chi connectivity index (χ0v) is 19.3. The number of hydrogen-bond donors (Lipinski definition) is 2. The second kappa shape index (κ2) is 7.92. The average Bonchev–Trinajstić information content (AvgIpc) is 2.77. The van der Waals surface area contributed by atoms with Crippen LogP contribution in [0.25, 0.3) is 33.3 Å². The fourth-order valence-electron chi connectivity index (χ4n) is 5.23. The molecular formula is C28H29FN4. The van der Waals surface area contributed by atoms with Gasteiger partial charge in [0.2, 0.25) is 0 Å². The van der Waals surface area contributed by atoms with Gasteiger partial charge in [-0.05, 0) is 53.6 Å². The largest absolute Gasteiger partial charge is 0.308 e. The van der Waals surface area contributed by atoms with Crippen molar-refractivity contribution in [3.8, 4) is 22.4 Å². The van der Waals surface area contributed by atoms with Crippen molar-refractivity contribution in [1.82, 2.24) is 9.97 Å². The van der Waals surface area contributed by atoms with Crippen molar-refractivity contribution >= 4 is 16.7 Å². The first-order valence-electron chi connectivity index (χ1n) is 11.5. The molecule has 0 bridgehead atoms. The highest BCUT2D eigenvalue weighted by atomic mass is 19.1. The second-order valence-corrected chi connectivity index (χ2v) is 10.0. The van der Waals surface area contributed by atoms with Crippen LogP contribution in [0.4, 0.5) is 10.2 Å². The van der Waals surface area contributed by atoms with Gasteiger partial charge in [-0.25, -0.2) is 20.2 Å². The predicted molar refractivity (Wildman–Crippen MR) is 133 cm³/mol. The van der Waals surface area contributed by atoms with E-state index in [2.05, 4.69) is 55.4 Å². The Kier molecular flexibility index (Phi) is 5.17. The number of nitrogen functional groups attached to an aromatic ring is 1. The van der Waals surface area contributed by atoms with Gasteiger partial charge in [0.05, 0.1) is 11.2 Å². The molecule has 0 aliphatic heterocycles. The molecule has 5 heteroatoms. The maximum atomic E-state index is 13.6. The fourth-order valence-corrected chi connectivity index (χ4v) is 5.23. The SMILES string of the molecule is CC(C)(C)C1(c2ccc(-c3nc4ccnc(NN)c4cc3-c3ccc(F)cc3)cc2)CCC1.